The van der Waals surface area contributed by atoms with Gasteiger partial charge in [-0.3, -0.25) is 9.59 Å². The first kappa shape index (κ1) is 16.9. The van der Waals surface area contributed by atoms with Crippen molar-refractivity contribution < 1.29 is 23.9 Å². The highest BCUT2D eigenvalue weighted by Crippen LogP contribution is 2.21. The number of Topliss-reactive ketones (excluding diaryl/α,β-unsaturated/α-hetero) is 1. The van der Waals surface area contributed by atoms with Crippen LogP contribution in [0.25, 0.3) is 0 Å². The van der Waals surface area contributed by atoms with Crippen molar-refractivity contribution in [1.82, 2.24) is 4.98 Å². The first-order chi connectivity index (χ1) is 9.83. The number of carbonyl (C=O) groups is 3. The third kappa shape index (κ3) is 3.71. The number of esters is 2. The van der Waals surface area contributed by atoms with Gasteiger partial charge in [0.1, 0.15) is 0 Å². The molecule has 6 heteroatoms. The molecule has 1 N–H and O–H groups in total. The van der Waals surface area contributed by atoms with E-state index in [1.165, 1.54) is 6.92 Å². The molecule has 1 atom stereocenters. The summed E-state index contributed by atoms with van der Waals surface area (Å²) in [7, 11) is 0. The minimum absolute atomic E-state index is 0.203. The first-order valence-corrected chi connectivity index (χ1v) is 6.93. The quantitative estimate of drug-likeness (QED) is 0.643. The first-order valence-electron chi connectivity index (χ1n) is 6.93. The highest BCUT2D eigenvalue weighted by molar-refractivity contribution is 6.03. The van der Waals surface area contributed by atoms with Gasteiger partial charge in [-0.2, -0.15) is 0 Å². The zero-order valence-corrected chi connectivity index (χ0v) is 13.0. The molecule has 0 fully saturated rings. The van der Waals surface area contributed by atoms with Crippen LogP contribution >= 0.6 is 0 Å². The summed E-state index contributed by atoms with van der Waals surface area (Å²) in [5.74, 6) is -1.28. The average molecular weight is 295 g/mol. The zero-order chi connectivity index (χ0) is 16.2. The molecule has 1 aromatic heterocycles. The van der Waals surface area contributed by atoms with Crippen LogP contribution in [0.2, 0.25) is 0 Å². The normalized spacial score (nSPS) is 11.9. The molecule has 0 amide bonds. The maximum absolute atomic E-state index is 12.3. The van der Waals surface area contributed by atoms with E-state index in [4.69, 9.17) is 9.47 Å². The summed E-state index contributed by atoms with van der Waals surface area (Å²) in [6.45, 7) is 8.50. The number of hydrogen-bond acceptors (Lipinski definition) is 5. The van der Waals surface area contributed by atoms with E-state index < -0.39 is 18.0 Å². The molecule has 0 aliphatic rings. The van der Waals surface area contributed by atoms with Crippen LogP contribution in [0.5, 0.6) is 0 Å². The average Bonchev–Trinajstić information content (AvgIpc) is 2.73. The predicted octanol–water partition coefficient (Wildman–Crippen LogP) is 2.33. The zero-order valence-electron chi connectivity index (χ0n) is 13.0. The fourth-order valence-electron chi connectivity index (χ4n) is 2.04. The molecule has 0 spiro atoms. The van der Waals surface area contributed by atoms with E-state index in [-0.39, 0.29) is 24.5 Å². The van der Waals surface area contributed by atoms with Gasteiger partial charge in [-0.25, -0.2) is 4.79 Å². The Morgan fingerprint density at radius 2 is 1.81 bits per heavy atom. The number of aryl methyl sites for hydroxylation is 1. The van der Waals surface area contributed by atoms with Crippen molar-refractivity contribution in [3.8, 4) is 0 Å². The predicted molar refractivity (Wildman–Crippen MR) is 76.4 cm³/mol. The van der Waals surface area contributed by atoms with Gasteiger partial charge >= 0.3 is 11.9 Å². The number of ether oxygens (including phenoxy) is 2. The molecule has 0 aromatic carbocycles. The minimum atomic E-state index is -0.899. The minimum Gasteiger partial charge on any atom is -0.462 e. The van der Waals surface area contributed by atoms with Gasteiger partial charge in [0, 0.05) is 12.1 Å². The van der Waals surface area contributed by atoms with Gasteiger partial charge in [0.15, 0.2) is 6.10 Å². The van der Waals surface area contributed by atoms with Crippen LogP contribution in [0.3, 0.4) is 0 Å². The molecule has 6 nitrogen and oxygen atoms in total. The third-order valence-corrected chi connectivity index (χ3v) is 3.13. The molecule has 1 rings (SSSR count). The topological polar surface area (TPSA) is 85.5 Å². The van der Waals surface area contributed by atoms with Gasteiger partial charge in [0.05, 0.1) is 17.9 Å². The lowest BCUT2D eigenvalue weighted by Gasteiger charge is -2.11. The molecule has 0 bridgehead atoms. The van der Waals surface area contributed by atoms with Crippen molar-refractivity contribution in [2.75, 3.05) is 6.61 Å². The van der Waals surface area contributed by atoms with Gasteiger partial charge in [-0.1, -0.05) is 6.92 Å². The standard InChI is InChI=1S/C15H21NO5/c1-6-11(17)21-10(5)14(18)13-8(3)12(9(4)16-13)15(19)20-7-2/h10,16H,6-7H2,1-5H3/t10-/m0/s1. The molecule has 0 saturated heterocycles. The molecule has 0 unspecified atom stereocenters. The number of H-pyrrole nitrogens is 1. The van der Waals surface area contributed by atoms with Crippen LogP contribution in [0.4, 0.5) is 0 Å². The number of aromatic nitrogens is 1. The van der Waals surface area contributed by atoms with Crippen LogP contribution in [0.15, 0.2) is 0 Å². The molecule has 1 heterocycles. The fraction of sp³-hybridized carbons (Fsp3) is 0.533. The lowest BCUT2D eigenvalue weighted by atomic mass is 10.1. The number of rotatable bonds is 6. The summed E-state index contributed by atoms with van der Waals surface area (Å²) < 4.78 is 9.97. The number of hydrogen-bond donors (Lipinski definition) is 1. The van der Waals surface area contributed by atoms with E-state index in [0.717, 1.165) is 0 Å². The molecule has 21 heavy (non-hydrogen) atoms. The molecule has 0 aliphatic carbocycles. The van der Waals surface area contributed by atoms with Gasteiger partial charge < -0.3 is 14.5 Å². The van der Waals surface area contributed by atoms with Crippen molar-refractivity contribution >= 4 is 17.7 Å². The largest absolute Gasteiger partial charge is 0.462 e. The highest BCUT2D eigenvalue weighted by atomic mass is 16.5. The Kier molecular flexibility index (Phi) is 5.69. The van der Waals surface area contributed by atoms with Crippen molar-refractivity contribution in [2.45, 2.75) is 47.1 Å². The van der Waals surface area contributed by atoms with E-state index in [0.29, 0.717) is 16.8 Å². The Balaban J connectivity index is 3.04. The fourth-order valence-corrected chi connectivity index (χ4v) is 2.04. The SMILES string of the molecule is CCOC(=O)c1c(C)[nH]c(C(=O)[C@H](C)OC(=O)CC)c1C. The maximum Gasteiger partial charge on any atom is 0.340 e. The van der Waals surface area contributed by atoms with Gasteiger partial charge in [0.2, 0.25) is 5.78 Å². The summed E-state index contributed by atoms with van der Waals surface area (Å²) in [5, 5.41) is 0. The number of carbonyl (C=O) groups excluding carboxylic acids is 3. The number of ketones is 1. The van der Waals surface area contributed by atoms with Crippen LogP contribution in [-0.2, 0) is 14.3 Å². The summed E-state index contributed by atoms with van der Waals surface area (Å²) >= 11 is 0. The van der Waals surface area contributed by atoms with Crippen molar-refractivity contribution in [1.29, 1.82) is 0 Å². The lowest BCUT2D eigenvalue weighted by Crippen LogP contribution is -2.25. The number of nitrogens with one attached hydrogen (secondary N) is 1. The molecular formula is C15H21NO5. The van der Waals surface area contributed by atoms with E-state index in [9.17, 15) is 14.4 Å². The summed E-state index contributed by atoms with van der Waals surface area (Å²) in [4.78, 5) is 38.3. The van der Waals surface area contributed by atoms with Crippen molar-refractivity contribution in [3.05, 3.63) is 22.5 Å². The van der Waals surface area contributed by atoms with Gasteiger partial charge in [-0.05, 0) is 33.3 Å². The van der Waals surface area contributed by atoms with Gasteiger partial charge in [-0.15, -0.1) is 0 Å². The summed E-state index contributed by atoms with van der Waals surface area (Å²) in [5.41, 5.74) is 1.69. The van der Waals surface area contributed by atoms with E-state index in [1.807, 2.05) is 0 Å². The second kappa shape index (κ2) is 7.06. The molecule has 0 radical (unpaired) electrons. The molecular weight excluding hydrogens is 274 g/mol. The molecule has 1 aromatic rings. The molecule has 0 aliphatic heterocycles. The Labute approximate surface area is 123 Å². The number of aromatic amines is 1. The van der Waals surface area contributed by atoms with E-state index >= 15 is 0 Å². The highest BCUT2D eigenvalue weighted by Gasteiger charge is 2.27. The van der Waals surface area contributed by atoms with E-state index in [1.54, 1.807) is 27.7 Å². The lowest BCUT2D eigenvalue weighted by molar-refractivity contribution is -0.145. The Bertz CT molecular complexity index is 559. The maximum atomic E-state index is 12.3. The second-order valence-electron chi connectivity index (χ2n) is 4.70. The Morgan fingerprint density at radius 3 is 2.33 bits per heavy atom. The summed E-state index contributed by atoms with van der Waals surface area (Å²) in [6.07, 6.45) is -0.696. The van der Waals surface area contributed by atoms with Crippen molar-refractivity contribution in [3.63, 3.8) is 0 Å². The van der Waals surface area contributed by atoms with Crippen molar-refractivity contribution in [2.24, 2.45) is 0 Å². The smallest absolute Gasteiger partial charge is 0.340 e. The monoisotopic (exact) mass is 295 g/mol. The van der Waals surface area contributed by atoms with Crippen LogP contribution < -0.4 is 0 Å². The van der Waals surface area contributed by atoms with Gasteiger partial charge in [0.25, 0.3) is 0 Å². The molecule has 116 valence electrons. The molecule has 0 saturated carbocycles. The van der Waals surface area contributed by atoms with Crippen LogP contribution in [0, 0.1) is 13.8 Å². The second-order valence-corrected chi connectivity index (χ2v) is 4.70. The third-order valence-electron chi connectivity index (χ3n) is 3.13. The Morgan fingerprint density at radius 1 is 1.19 bits per heavy atom. The van der Waals surface area contributed by atoms with E-state index in [2.05, 4.69) is 4.98 Å². The van der Waals surface area contributed by atoms with Crippen LogP contribution in [-0.4, -0.2) is 35.4 Å². The Hall–Kier alpha value is -2.11. The van der Waals surface area contributed by atoms with Crippen LogP contribution in [0.1, 0.15) is 59.3 Å². The summed E-state index contributed by atoms with van der Waals surface area (Å²) in [6, 6.07) is 0.